The van der Waals surface area contributed by atoms with Crippen LogP contribution in [-0.2, 0) is 22.6 Å². The molecule has 0 unspecified atom stereocenters. The maximum Gasteiger partial charge on any atom is 0.253 e. The lowest BCUT2D eigenvalue weighted by molar-refractivity contribution is -0.151. The summed E-state index contributed by atoms with van der Waals surface area (Å²) in [5, 5.41) is 3.19. The number of benzene rings is 1. The Hall–Kier alpha value is -1.80. The first-order valence-corrected chi connectivity index (χ1v) is 12.3. The summed E-state index contributed by atoms with van der Waals surface area (Å²) in [6.07, 6.45) is 1.38. The van der Waals surface area contributed by atoms with Crippen LogP contribution in [0, 0.1) is 5.92 Å². The van der Waals surface area contributed by atoms with Crippen molar-refractivity contribution in [1.82, 2.24) is 14.8 Å². The van der Waals surface area contributed by atoms with Gasteiger partial charge < -0.3 is 9.64 Å². The molecule has 0 saturated carbocycles. The number of amides is 1. The third kappa shape index (κ3) is 5.71. The van der Waals surface area contributed by atoms with Gasteiger partial charge in [-0.3, -0.25) is 14.7 Å². The van der Waals surface area contributed by atoms with Crippen molar-refractivity contribution in [3.05, 3.63) is 62.9 Å². The van der Waals surface area contributed by atoms with E-state index < -0.39 is 6.10 Å². The topological polar surface area (TPSA) is 45.7 Å². The number of pyridine rings is 1. The highest BCUT2D eigenvalue weighted by atomic mass is 79.9. The summed E-state index contributed by atoms with van der Waals surface area (Å²) in [6, 6.07) is 12.3. The quantitative estimate of drug-likeness (QED) is 0.459. The molecule has 7 heteroatoms. The molecule has 5 nitrogen and oxygen atoms in total. The van der Waals surface area contributed by atoms with Crippen LogP contribution in [0.4, 0.5) is 0 Å². The molecule has 1 aromatic carbocycles. The van der Waals surface area contributed by atoms with Gasteiger partial charge >= 0.3 is 0 Å². The second-order valence-corrected chi connectivity index (χ2v) is 10.3. The number of carbonyl (C=O) groups is 1. The lowest BCUT2D eigenvalue weighted by Gasteiger charge is -2.35. The molecule has 1 atom stereocenters. The zero-order chi connectivity index (χ0) is 21.8. The minimum absolute atomic E-state index is 0.0682. The molecule has 3 heterocycles. The lowest BCUT2D eigenvalue weighted by Crippen LogP contribution is -2.51. The number of halogens is 1. The standard InChI is InChI=1S/C24H28BrN3O2S/c1-17(2)12-28(13-19-6-3-5-18-7-4-8-26-23(18)19)24(29)22-15-27(9-10-30-22)14-21-11-20(25)16-31-21/h3-8,11,16-17,22H,9-10,12-15H2,1-2H3/t22-/m1/s1. The Morgan fingerprint density at radius 2 is 2.19 bits per heavy atom. The van der Waals surface area contributed by atoms with Crippen molar-refractivity contribution in [2.75, 3.05) is 26.2 Å². The van der Waals surface area contributed by atoms with Crippen LogP contribution in [0.25, 0.3) is 10.9 Å². The van der Waals surface area contributed by atoms with Crippen LogP contribution >= 0.6 is 27.3 Å². The highest BCUT2D eigenvalue weighted by Crippen LogP contribution is 2.23. The lowest BCUT2D eigenvalue weighted by atomic mass is 10.1. The summed E-state index contributed by atoms with van der Waals surface area (Å²) in [4.78, 5) is 23.6. The van der Waals surface area contributed by atoms with Gasteiger partial charge in [-0.15, -0.1) is 11.3 Å². The molecule has 1 aliphatic rings. The van der Waals surface area contributed by atoms with Crippen LogP contribution in [0.3, 0.4) is 0 Å². The number of ether oxygens (including phenoxy) is 1. The molecule has 0 spiro atoms. The van der Waals surface area contributed by atoms with Crippen molar-refractivity contribution in [2.24, 2.45) is 5.92 Å². The summed E-state index contributed by atoms with van der Waals surface area (Å²) in [7, 11) is 0. The number of hydrogen-bond donors (Lipinski definition) is 0. The first-order valence-electron chi connectivity index (χ1n) is 10.7. The van der Waals surface area contributed by atoms with Crippen molar-refractivity contribution in [2.45, 2.75) is 33.0 Å². The normalized spacial score (nSPS) is 17.4. The van der Waals surface area contributed by atoms with Gasteiger partial charge in [0.15, 0.2) is 0 Å². The minimum Gasteiger partial charge on any atom is -0.366 e. The van der Waals surface area contributed by atoms with Crippen LogP contribution < -0.4 is 0 Å². The number of fused-ring (bicyclic) bond motifs is 1. The molecular weight excluding hydrogens is 474 g/mol. The fourth-order valence-electron chi connectivity index (χ4n) is 4.03. The van der Waals surface area contributed by atoms with Gasteiger partial charge in [-0.1, -0.05) is 38.1 Å². The molecule has 31 heavy (non-hydrogen) atoms. The minimum atomic E-state index is -0.432. The van der Waals surface area contributed by atoms with Crippen LogP contribution in [0.15, 0.2) is 52.4 Å². The molecule has 0 radical (unpaired) electrons. The third-order valence-electron chi connectivity index (χ3n) is 5.40. The highest BCUT2D eigenvalue weighted by Gasteiger charge is 2.31. The Labute approximate surface area is 196 Å². The van der Waals surface area contributed by atoms with Gasteiger partial charge in [-0.05, 0) is 39.5 Å². The van der Waals surface area contributed by atoms with Crippen molar-refractivity contribution in [3.8, 4) is 0 Å². The predicted octanol–water partition coefficient (Wildman–Crippen LogP) is 4.94. The van der Waals surface area contributed by atoms with Gasteiger partial charge in [-0.25, -0.2) is 0 Å². The number of hydrogen-bond acceptors (Lipinski definition) is 5. The van der Waals surface area contributed by atoms with E-state index in [-0.39, 0.29) is 5.91 Å². The number of carbonyl (C=O) groups excluding carboxylic acids is 1. The molecule has 0 aliphatic carbocycles. The maximum absolute atomic E-state index is 13.5. The first-order chi connectivity index (χ1) is 15.0. The average molecular weight is 502 g/mol. The van der Waals surface area contributed by atoms with E-state index >= 15 is 0 Å². The van der Waals surface area contributed by atoms with Crippen LogP contribution in [0.2, 0.25) is 0 Å². The number of nitrogens with zero attached hydrogens (tertiary/aromatic N) is 3. The monoisotopic (exact) mass is 501 g/mol. The molecule has 0 N–H and O–H groups in total. The van der Waals surface area contributed by atoms with Crippen LogP contribution in [0.5, 0.6) is 0 Å². The van der Waals surface area contributed by atoms with Gasteiger partial charge in [0, 0.05) is 59.0 Å². The van der Waals surface area contributed by atoms with Gasteiger partial charge in [0.25, 0.3) is 5.91 Å². The fraction of sp³-hybridized carbons (Fsp3) is 0.417. The van der Waals surface area contributed by atoms with E-state index in [4.69, 9.17) is 4.74 Å². The SMILES string of the molecule is CC(C)CN(Cc1cccc2cccnc12)C(=O)[C@H]1CN(Cc2cc(Br)cs2)CCO1. The van der Waals surface area contributed by atoms with Crippen molar-refractivity contribution < 1.29 is 9.53 Å². The van der Waals surface area contributed by atoms with E-state index in [1.54, 1.807) is 11.3 Å². The number of rotatable bonds is 7. The molecule has 4 rings (SSSR count). The molecule has 1 amide bonds. The van der Waals surface area contributed by atoms with E-state index in [1.165, 1.54) is 4.88 Å². The highest BCUT2D eigenvalue weighted by molar-refractivity contribution is 9.10. The maximum atomic E-state index is 13.5. The second-order valence-electron chi connectivity index (χ2n) is 8.43. The van der Waals surface area contributed by atoms with Crippen LogP contribution in [-0.4, -0.2) is 53.0 Å². The Kier molecular flexibility index (Phi) is 7.38. The summed E-state index contributed by atoms with van der Waals surface area (Å²) < 4.78 is 7.06. The second kappa shape index (κ2) is 10.2. The molecule has 3 aromatic rings. The smallest absolute Gasteiger partial charge is 0.253 e. The molecule has 2 aromatic heterocycles. The Morgan fingerprint density at radius 3 is 2.97 bits per heavy atom. The number of thiophene rings is 1. The molecule has 0 bridgehead atoms. The fourth-order valence-corrected chi connectivity index (χ4v) is 5.52. The third-order valence-corrected chi connectivity index (χ3v) is 7.08. The zero-order valence-corrected chi connectivity index (χ0v) is 20.4. The Bertz CT molecular complexity index is 1030. The summed E-state index contributed by atoms with van der Waals surface area (Å²) >= 11 is 5.26. The van der Waals surface area contributed by atoms with Crippen molar-refractivity contribution in [3.63, 3.8) is 0 Å². The van der Waals surface area contributed by atoms with E-state index in [1.807, 2.05) is 23.2 Å². The number of morpholine rings is 1. The predicted molar refractivity (Wildman–Crippen MR) is 129 cm³/mol. The molecule has 1 fully saturated rings. The van der Waals surface area contributed by atoms with Crippen molar-refractivity contribution in [1.29, 1.82) is 0 Å². The zero-order valence-electron chi connectivity index (χ0n) is 18.0. The molecule has 1 saturated heterocycles. The summed E-state index contributed by atoms with van der Waals surface area (Å²) in [5.74, 6) is 0.439. The molecule has 164 valence electrons. The summed E-state index contributed by atoms with van der Waals surface area (Å²) in [5.41, 5.74) is 2.03. The van der Waals surface area contributed by atoms with E-state index in [9.17, 15) is 4.79 Å². The number of para-hydroxylation sites is 1. The summed E-state index contributed by atoms with van der Waals surface area (Å²) in [6.45, 7) is 8.42. The van der Waals surface area contributed by atoms with E-state index in [0.29, 0.717) is 32.2 Å². The van der Waals surface area contributed by atoms with Gasteiger partial charge in [0.1, 0.15) is 6.10 Å². The molecular formula is C24H28BrN3O2S. The van der Waals surface area contributed by atoms with Gasteiger partial charge in [0.05, 0.1) is 12.1 Å². The molecule has 1 aliphatic heterocycles. The van der Waals surface area contributed by atoms with E-state index in [2.05, 4.69) is 69.3 Å². The van der Waals surface area contributed by atoms with Crippen LogP contribution in [0.1, 0.15) is 24.3 Å². The Morgan fingerprint density at radius 1 is 1.35 bits per heavy atom. The van der Waals surface area contributed by atoms with Gasteiger partial charge in [0.2, 0.25) is 0 Å². The number of aromatic nitrogens is 1. The first kappa shape index (κ1) is 22.4. The largest absolute Gasteiger partial charge is 0.366 e. The van der Waals surface area contributed by atoms with Crippen molar-refractivity contribution >= 4 is 44.1 Å². The van der Waals surface area contributed by atoms with Gasteiger partial charge in [-0.2, -0.15) is 0 Å². The van der Waals surface area contributed by atoms with E-state index in [0.717, 1.165) is 34.0 Å². The Balaban J connectivity index is 1.49. The average Bonchev–Trinajstić information content (AvgIpc) is 3.17.